The fourth-order valence-electron chi connectivity index (χ4n) is 1.19. The van der Waals surface area contributed by atoms with Crippen molar-refractivity contribution in [3.63, 3.8) is 0 Å². The van der Waals surface area contributed by atoms with Crippen LogP contribution in [0.5, 0.6) is 0 Å². The lowest BCUT2D eigenvalue weighted by atomic mass is 10.1. The van der Waals surface area contributed by atoms with Gasteiger partial charge in [0.2, 0.25) is 0 Å². The highest BCUT2D eigenvalue weighted by Gasteiger charge is 2.13. The first-order chi connectivity index (χ1) is 8.43. The smallest absolute Gasteiger partial charge is 0.349 e. The highest BCUT2D eigenvalue weighted by atomic mass is 19.1. The predicted octanol–water partition coefficient (Wildman–Crippen LogP) is 2.82. The van der Waals surface area contributed by atoms with Crippen molar-refractivity contribution in [2.75, 3.05) is 0 Å². The van der Waals surface area contributed by atoms with Crippen LogP contribution < -0.4 is 0 Å². The number of hydrogen-bond donors (Lipinski definition) is 0. The molecule has 0 aromatic heterocycles. The predicted molar refractivity (Wildman–Crippen MR) is 61.2 cm³/mol. The second-order valence-corrected chi connectivity index (χ2v) is 3.79. The Kier molecular flexibility index (Phi) is 4.55. The van der Waals surface area contributed by atoms with Gasteiger partial charge in [-0.2, -0.15) is 5.26 Å². The van der Waals surface area contributed by atoms with E-state index in [1.54, 1.807) is 19.9 Å². The average Bonchev–Trinajstić information content (AvgIpc) is 2.27. The van der Waals surface area contributed by atoms with Gasteiger partial charge in [0.05, 0.1) is 6.10 Å². The highest BCUT2D eigenvalue weighted by Crippen LogP contribution is 2.14. The Labute approximate surface area is 103 Å². The summed E-state index contributed by atoms with van der Waals surface area (Å²) < 4.78 is 30.8. The third kappa shape index (κ3) is 3.67. The van der Waals surface area contributed by atoms with E-state index in [1.165, 1.54) is 0 Å². The minimum atomic E-state index is -0.847. The molecule has 1 rings (SSSR count). The van der Waals surface area contributed by atoms with Gasteiger partial charge in [0.1, 0.15) is 23.3 Å². The Morgan fingerprint density at radius 3 is 2.61 bits per heavy atom. The van der Waals surface area contributed by atoms with E-state index >= 15 is 0 Å². The number of benzene rings is 1. The molecule has 0 radical (unpaired) electrons. The quantitative estimate of drug-likeness (QED) is 0.471. The molecule has 1 aromatic rings. The highest BCUT2D eigenvalue weighted by molar-refractivity contribution is 5.97. The zero-order valence-corrected chi connectivity index (χ0v) is 9.91. The first-order valence-electron chi connectivity index (χ1n) is 5.22. The molecule has 0 bridgehead atoms. The van der Waals surface area contributed by atoms with Crippen molar-refractivity contribution in [2.45, 2.75) is 20.0 Å². The number of hydrogen-bond acceptors (Lipinski definition) is 3. The normalized spacial score (nSPS) is 11.2. The largest absolute Gasteiger partial charge is 0.459 e. The molecule has 0 atom stereocenters. The molecule has 3 nitrogen and oxygen atoms in total. The van der Waals surface area contributed by atoms with E-state index in [1.807, 2.05) is 0 Å². The topological polar surface area (TPSA) is 50.1 Å². The van der Waals surface area contributed by atoms with E-state index in [2.05, 4.69) is 0 Å². The van der Waals surface area contributed by atoms with Gasteiger partial charge < -0.3 is 4.74 Å². The van der Waals surface area contributed by atoms with Crippen LogP contribution in [-0.4, -0.2) is 12.1 Å². The molecule has 18 heavy (non-hydrogen) atoms. The van der Waals surface area contributed by atoms with Crippen LogP contribution in [0.15, 0.2) is 23.8 Å². The molecule has 5 heteroatoms. The van der Waals surface area contributed by atoms with Crippen molar-refractivity contribution in [1.82, 2.24) is 0 Å². The molecule has 0 saturated carbocycles. The molecule has 0 unspecified atom stereocenters. The summed E-state index contributed by atoms with van der Waals surface area (Å²) in [6.45, 7) is 3.26. The first-order valence-corrected chi connectivity index (χ1v) is 5.22. The summed E-state index contributed by atoms with van der Waals surface area (Å²) >= 11 is 0. The first kappa shape index (κ1) is 13.8. The molecule has 0 heterocycles. The Bertz CT molecular complexity index is 530. The number of ether oxygens (including phenoxy) is 1. The van der Waals surface area contributed by atoms with E-state index in [9.17, 15) is 13.6 Å². The molecule has 0 N–H and O–H groups in total. The summed E-state index contributed by atoms with van der Waals surface area (Å²) in [6.07, 6.45) is 0.645. The van der Waals surface area contributed by atoms with Gasteiger partial charge in [-0.05, 0) is 32.1 Å². The second-order valence-electron chi connectivity index (χ2n) is 3.79. The van der Waals surface area contributed by atoms with Crippen molar-refractivity contribution in [3.05, 3.63) is 41.0 Å². The van der Waals surface area contributed by atoms with Crippen LogP contribution in [-0.2, 0) is 9.53 Å². The standard InChI is InChI=1S/C13H11F2NO2/c1-8(2)18-13(17)10(7-16)5-9-3-4-11(14)6-12(9)15/h3-6,8H,1-2H3/b10-5+. The zero-order valence-electron chi connectivity index (χ0n) is 9.91. The third-order valence-electron chi connectivity index (χ3n) is 1.95. The van der Waals surface area contributed by atoms with E-state index in [-0.39, 0.29) is 17.2 Å². The number of carbonyl (C=O) groups excluding carboxylic acids is 1. The Morgan fingerprint density at radius 1 is 1.44 bits per heavy atom. The molecule has 0 aliphatic carbocycles. The van der Waals surface area contributed by atoms with E-state index < -0.39 is 17.6 Å². The molecule has 94 valence electrons. The van der Waals surface area contributed by atoms with Crippen LogP contribution in [0.2, 0.25) is 0 Å². The lowest BCUT2D eigenvalue weighted by Gasteiger charge is -2.06. The number of nitriles is 1. The SMILES string of the molecule is CC(C)OC(=O)/C(C#N)=C/c1ccc(F)cc1F. The summed E-state index contributed by atoms with van der Waals surface area (Å²) in [4.78, 5) is 11.5. The number of nitrogens with zero attached hydrogens (tertiary/aromatic N) is 1. The van der Waals surface area contributed by atoms with Crippen LogP contribution in [0.25, 0.3) is 6.08 Å². The molecule has 0 saturated heterocycles. The third-order valence-corrected chi connectivity index (χ3v) is 1.95. The van der Waals surface area contributed by atoms with Crippen LogP contribution in [0, 0.1) is 23.0 Å². The van der Waals surface area contributed by atoms with Gasteiger partial charge in [-0.15, -0.1) is 0 Å². The van der Waals surface area contributed by atoms with Gasteiger partial charge in [0.25, 0.3) is 0 Å². The van der Waals surface area contributed by atoms with Crippen LogP contribution >= 0.6 is 0 Å². The van der Waals surface area contributed by atoms with Crippen LogP contribution in [0.3, 0.4) is 0 Å². The minimum Gasteiger partial charge on any atom is -0.459 e. The van der Waals surface area contributed by atoms with E-state index in [0.717, 1.165) is 18.2 Å². The Morgan fingerprint density at radius 2 is 2.11 bits per heavy atom. The van der Waals surface area contributed by atoms with Crippen molar-refractivity contribution < 1.29 is 18.3 Å². The molecule has 0 amide bonds. The molecular weight excluding hydrogens is 240 g/mol. The average molecular weight is 251 g/mol. The lowest BCUT2D eigenvalue weighted by molar-refractivity contribution is -0.142. The number of halogens is 2. The van der Waals surface area contributed by atoms with Crippen LogP contribution in [0.4, 0.5) is 8.78 Å². The van der Waals surface area contributed by atoms with E-state index in [0.29, 0.717) is 6.07 Å². The van der Waals surface area contributed by atoms with Gasteiger partial charge in [-0.3, -0.25) is 0 Å². The lowest BCUT2D eigenvalue weighted by Crippen LogP contribution is -2.12. The maximum atomic E-state index is 13.3. The van der Waals surface area contributed by atoms with Crippen molar-refractivity contribution >= 4 is 12.0 Å². The number of esters is 1. The molecule has 0 aliphatic rings. The van der Waals surface area contributed by atoms with Crippen LogP contribution in [0.1, 0.15) is 19.4 Å². The summed E-state index contributed by atoms with van der Waals surface area (Å²) in [5.41, 5.74) is -0.386. The van der Waals surface area contributed by atoms with Gasteiger partial charge in [0, 0.05) is 11.6 Å². The summed E-state index contributed by atoms with van der Waals surface area (Å²) in [5, 5.41) is 8.80. The molecule has 0 spiro atoms. The van der Waals surface area contributed by atoms with Crippen molar-refractivity contribution in [1.29, 1.82) is 5.26 Å². The van der Waals surface area contributed by atoms with Gasteiger partial charge in [0.15, 0.2) is 0 Å². The monoisotopic (exact) mass is 251 g/mol. The van der Waals surface area contributed by atoms with Gasteiger partial charge in [-0.1, -0.05) is 0 Å². The van der Waals surface area contributed by atoms with Crippen molar-refractivity contribution in [2.24, 2.45) is 0 Å². The second kappa shape index (κ2) is 5.92. The Hall–Kier alpha value is -2.22. The summed E-state index contributed by atoms with van der Waals surface area (Å²) in [5.74, 6) is -2.41. The Balaban J connectivity index is 3.05. The van der Waals surface area contributed by atoms with Gasteiger partial charge in [-0.25, -0.2) is 13.6 Å². The summed E-state index contributed by atoms with van der Waals surface area (Å²) in [7, 11) is 0. The number of rotatable bonds is 3. The molecule has 1 aromatic carbocycles. The van der Waals surface area contributed by atoms with Crippen molar-refractivity contribution in [3.8, 4) is 6.07 Å². The maximum absolute atomic E-state index is 13.3. The summed E-state index contributed by atoms with van der Waals surface area (Å²) in [6, 6.07) is 4.48. The minimum absolute atomic E-state index is 0.0475. The fourth-order valence-corrected chi connectivity index (χ4v) is 1.19. The van der Waals surface area contributed by atoms with E-state index in [4.69, 9.17) is 10.00 Å². The zero-order chi connectivity index (χ0) is 13.7. The molecule has 0 aliphatic heterocycles. The number of carbonyl (C=O) groups is 1. The fraction of sp³-hybridized carbons (Fsp3) is 0.231. The molecule has 0 fully saturated rings. The molecular formula is C13H11F2NO2. The maximum Gasteiger partial charge on any atom is 0.349 e. The van der Waals surface area contributed by atoms with Gasteiger partial charge >= 0.3 is 5.97 Å².